The SMILES string of the molecule is CC(C)c1cc(C(C)C)c(NC=C2C(=O)OC(C)(C)OC2=O)c(C(C)C)c1. The molecule has 1 aromatic rings. The van der Waals surface area contributed by atoms with Gasteiger partial charge in [-0.2, -0.15) is 0 Å². The summed E-state index contributed by atoms with van der Waals surface area (Å²) in [6.07, 6.45) is 1.40. The Hall–Kier alpha value is -2.30. The number of carbonyl (C=O) groups excluding carboxylic acids is 2. The van der Waals surface area contributed by atoms with Gasteiger partial charge in [0.2, 0.25) is 0 Å². The lowest BCUT2D eigenvalue weighted by atomic mass is 9.87. The Kier molecular flexibility index (Phi) is 6.03. The van der Waals surface area contributed by atoms with Crippen molar-refractivity contribution in [2.45, 2.75) is 78.9 Å². The first-order valence-corrected chi connectivity index (χ1v) is 9.54. The van der Waals surface area contributed by atoms with Crippen LogP contribution in [0.1, 0.15) is 89.8 Å². The van der Waals surface area contributed by atoms with E-state index in [9.17, 15) is 9.59 Å². The summed E-state index contributed by atoms with van der Waals surface area (Å²) in [7, 11) is 0. The van der Waals surface area contributed by atoms with Crippen molar-refractivity contribution in [3.8, 4) is 0 Å². The average molecular weight is 373 g/mol. The number of rotatable bonds is 5. The number of nitrogens with one attached hydrogen (secondary N) is 1. The minimum Gasteiger partial charge on any atom is -0.419 e. The third-order valence-electron chi connectivity index (χ3n) is 4.61. The molecule has 5 nitrogen and oxygen atoms in total. The van der Waals surface area contributed by atoms with Crippen molar-refractivity contribution in [2.75, 3.05) is 5.32 Å². The summed E-state index contributed by atoms with van der Waals surface area (Å²) >= 11 is 0. The Bertz CT molecular complexity index is 722. The Morgan fingerprint density at radius 1 is 0.852 bits per heavy atom. The first kappa shape index (κ1) is 21.0. The third kappa shape index (κ3) is 4.71. The molecule has 1 heterocycles. The zero-order valence-electron chi connectivity index (χ0n) is 17.6. The van der Waals surface area contributed by atoms with E-state index in [1.165, 1.54) is 25.6 Å². The van der Waals surface area contributed by atoms with E-state index >= 15 is 0 Å². The highest BCUT2D eigenvalue weighted by Crippen LogP contribution is 2.36. The van der Waals surface area contributed by atoms with Crippen LogP contribution in [0.4, 0.5) is 5.69 Å². The van der Waals surface area contributed by atoms with Gasteiger partial charge in [0.05, 0.1) is 0 Å². The molecule has 1 aliphatic heterocycles. The van der Waals surface area contributed by atoms with Gasteiger partial charge in [0.15, 0.2) is 5.57 Å². The van der Waals surface area contributed by atoms with Crippen LogP contribution in [0.5, 0.6) is 0 Å². The maximum atomic E-state index is 12.2. The predicted molar refractivity (Wildman–Crippen MR) is 107 cm³/mol. The van der Waals surface area contributed by atoms with Crippen molar-refractivity contribution in [2.24, 2.45) is 0 Å². The number of hydrogen-bond acceptors (Lipinski definition) is 5. The lowest BCUT2D eigenvalue weighted by Crippen LogP contribution is -2.42. The fraction of sp³-hybridized carbons (Fsp3) is 0.545. The molecule has 0 radical (unpaired) electrons. The van der Waals surface area contributed by atoms with E-state index in [4.69, 9.17) is 9.47 Å². The average Bonchev–Trinajstić information content (AvgIpc) is 2.51. The Morgan fingerprint density at radius 3 is 1.67 bits per heavy atom. The maximum Gasteiger partial charge on any atom is 0.350 e. The molecule has 1 aromatic carbocycles. The molecule has 1 aliphatic rings. The molecule has 0 unspecified atom stereocenters. The van der Waals surface area contributed by atoms with Crippen LogP contribution in [-0.4, -0.2) is 17.7 Å². The van der Waals surface area contributed by atoms with Gasteiger partial charge < -0.3 is 14.8 Å². The van der Waals surface area contributed by atoms with Crippen molar-refractivity contribution in [1.82, 2.24) is 0 Å². The molecule has 148 valence electrons. The quantitative estimate of drug-likeness (QED) is 0.437. The minimum absolute atomic E-state index is 0.133. The standard InChI is InChI=1S/C22H31NO4/c1-12(2)15-9-16(13(3)4)19(17(10-15)14(5)6)23-11-18-20(24)26-22(7,8)27-21(18)25/h9-14,23H,1-8H3. The van der Waals surface area contributed by atoms with Gasteiger partial charge in [0, 0.05) is 25.7 Å². The zero-order valence-corrected chi connectivity index (χ0v) is 17.6. The number of anilines is 1. The first-order chi connectivity index (χ1) is 12.4. The summed E-state index contributed by atoms with van der Waals surface area (Å²) < 4.78 is 10.3. The first-order valence-electron chi connectivity index (χ1n) is 9.54. The second-order valence-corrected chi connectivity index (χ2v) is 8.42. The van der Waals surface area contributed by atoms with Gasteiger partial charge in [-0.3, -0.25) is 0 Å². The highest BCUT2D eigenvalue weighted by atomic mass is 16.7. The van der Waals surface area contributed by atoms with Gasteiger partial charge in [-0.25, -0.2) is 9.59 Å². The highest BCUT2D eigenvalue weighted by molar-refractivity contribution is 6.15. The summed E-state index contributed by atoms with van der Waals surface area (Å²) in [5.41, 5.74) is 4.38. The van der Waals surface area contributed by atoms with Crippen LogP contribution >= 0.6 is 0 Å². The number of esters is 2. The molecular formula is C22H31NO4. The number of benzene rings is 1. The van der Waals surface area contributed by atoms with Crippen LogP contribution in [0.25, 0.3) is 0 Å². The molecule has 0 spiro atoms. The van der Waals surface area contributed by atoms with Crippen LogP contribution in [0.3, 0.4) is 0 Å². The molecule has 0 aromatic heterocycles. The molecule has 0 bridgehead atoms. The summed E-state index contributed by atoms with van der Waals surface area (Å²) in [6, 6.07) is 4.39. The van der Waals surface area contributed by atoms with Crippen LogP contribution in [-0.2, 0) is 19.1 Å². The maximum absolute atomic E-state index is 12.2. The fourth-order valence-corrected chi connectivity index (χ4v) is 3.05. The molecule has 1 saturated heterocycles. The molecule has 5 heteroatoms. The van der Waals surface area contributed by atoms with Crippen LogP contribution in [0, 0.1) is 0 Å². The zero-order chi connectivity index (χ0) is 20.5. The van der Waals surface area contributed by atoms with Gasteiger partial charge in [0.25, 0.3) is 5.79 Å². The molecule has 0 amide bonds. The fourth-order valence-electron chi connectivity index (χ4n) is 3.05. The Balaban J connectivity index is 2.49. The van der Waals surface area contributed by atoms with Gasteiger partial charge in [-0.1, -0.05) is 53.7 Å². The largest absolute Gasteiger partial charge is 0.419 e. The van der Waals surface area contributed by atoms with Gasteiger partial charge in [-0.15, -0.1) is 0 Å². The van der Waals surface area contributed by atoms with Crippen molar-refractivity contribution in [3.05, 3.63) is 40.6 Å². The molecule has 1 N–H and O–H groups in total. The van der Waals surface area contributed by atoms with E-state index in [1.54, 1.807) is 0 Å². The highest BCUT2D eigenvalue weighted by Gasteiger charge is 2.39. The summed E-state index contributed by atoms with van der Waals surface area (Å²) in [5, 5.41) is 3.20. The topological polar surface area (TPSA) is 64.6 Å². The van der Waals surface area contributed by atoms with E-state index in [0.29, 0.717) is 5.92 Å². The number of carbonyl (C=O) groups is 2. The molecule has 27 heavy (non-hydrogen) atoms. The van der Waals surface area contributed by atoms with Gasteiger partial charge >= 0.3 is 11.9 Å². The lowest BCUT2D eigenvalue weighted by molar-refractivity contribution is -0.222. The van der Waals surface area contributed by atoms with Crippen molar-refractivity contribution >= 4 is 17.6 Å². The Labute approximate surface area is 162 Å². The summed E-state index contributed by atoms with van der Waals surface area (Å²) in [5.74, 6) is -1.62. The van der Waals surface area contributed by atoms with E-state index < -0.39 is 17.7 Å². The monoisotopic (exact) mass is 373 g/mol. The van der Waals surface area contributed by atoms with Gasteiger partial charge in [-0.05, 0) is 34.4 Å². The molecule has 0 aliphatic carbocycles. The van der Waals surface area contributed by atoms with E-state index in [0.717, 1.165) is 16.8 Å². The number of hydrogen-bond donors (Lipinski definition) is 1. The second kappa shape index (κ2) is 7.75. The van der Waals surface area contributed by atoms with E-state index in [-0.39, 0.29) is 17.4 Å². The lowest BCUT2D eigenvalue weighted by Gasteiger charge is -2.30. The molecule has 0 atom stereocenters. The number of ether oxygens (including phenoxy) is 2. The normalized spacial score (nSPS) is 16.6. The number of cyclic esters (lactones) is 2. The second-order valence-electron chi connectivity index (χ2n) is 8.42. The molecule has 2 rings (SSSR count). The molecule has 0 saturated carbocycles. The smallest absolute Gasteiger partial charge is 0.350 e. The van der Waals surface area contributed by atoms with Crippen LogP contribution in [0.2, 0.25) is 0 Å². The third-order valence-corrected chi connectivity index (χ3v) is 4.61. The van der Waals surface area contributed by atoms with Crippen LogP contribution in [0.15, 0.2) is 23.9 Å². The van der Waals surface area contributed by atoms with E-state index in [2.05, 4.69) is 59.0 Å². The van der Waals surface area contributed by atoms with Crippen LogP contribution < -0.4 is 5.32 Å². The van der Waals surface area contributed by atoms with E-state index in [1.807, 2.05) is 0 Å². The molecule has 1 fully saturated rings. The van der Waals surface area contributed by atoms with Crippen molar-refractivity contribution in [1.29, 1.82) is 0 Å². The molecular weight excluding hydrogens is 342 g/mol. The predicted octanol–water partition coefficient (Wildman–Crippen LogP) is 5.19. The minimum atomic E-state index is -1.24. The Morgan fingerprint density at radius 2 is 1.30 bits per heavy atom. The van der Waals surface area contributed by atoms with Crippen molar-refractivity contribution in [3.63, 3.8) is 0 Å². The van der Waals surface area contributed by atoms with Crippen molar-refractivity contribution < 1.29 is 19.1 Å². The summed E-state index contributed by atoms with van der Waals surface area (Å²) in [6.45, 7) is 15.9. The van der Waals surface area contributed by atoms with Gasteiger partial charge in [0.1, 0.15) is 0 Å². The summed E-state index contributed by atoms with van der Waals surface area (Å²) in [4.78, 5) is 24.4.